The third-order valence-electron chi connectivity index (χ3n) is 5.80. The van der Waals surface area contributed by atoms with Crippen molar-refractivity contribution >= 4 is 34.0 Å². The normalized spacial score (nSPS) is 11.7. The lowest BCUT2D eigenvalue weighted by atomic mass is 10.1. The summed E-state index contributed by atoms with van der Waals surface area (Å²) < 4.78 is 23.5. The number of nitrogens with one attached hydrogen (secondary N) is 1. The van der Waals surface area contributed by atoms with E-state index < -0.39 is 0 Å². The molecule has 0 bridgehead atoms. The van der Waals surface area contributed by atoms with Crippen LogP contribution in [0.15, 0.2) is 28.9 Å². The minimum absolute atomic E-state index is 0.130. The summed E-state index contributed by atoms with van der Waals surface area (Å²) in [5, 5.41) is 9.02. The predicted molar refractivity (Wildman–Crippen MR) is 142 cm³/mol. The summed E-state index contributed by atoms with van der Waals surface area (Å²) in [4.78, 5) is 12.9. The number of unbranched alkanes of at least 4 members (excludes halogenated alkanes) is 1. The molecular formula is C25H36N8O4. The van der Waals surface area contributed by atoms with Crippen LogP contribution in [0.4, 0.5) is 11.8 Å². The molecule has 3 aromatic heterocycles. The van der Waals surface area contributed by atoms with Gasteiger partial charge in [0.05, 0.1) is 31.8 Å². The fraction of sp³-hybridized carbons (Fsp3) is 0.520. The van der Waals surface area contributed by atoms with Crippen LogP contribution < -0.4 is 16.8 Å². The van der Waals surface area contributed by atoms with Gasteiger partial charge in [-0.15, -0.1) is 0 Å². The second-order valence-corrected chi connectivity index (χ2v) is 8.50. The summed E-state index contributed by atoms with van der Waals surface area (Å²) in [6.45, 7) is 8.44. The van der Waals surface area contributed by atoms with E-state index in [2.05, 4.69) is 20.3 Å². The molecular weight excluding hydrogens is 476 g/mol. The van der Waals surface area contributed by atoms with E-state index >= 15 is 0 Å². The van der Waals surface area contributed by atoms with Crippen molar-refractivity contribution < 1.29 is 18.6 Å². The fourth-order valence-electron chi connectivity index (χ4n) is 4.00. The lowest BCUT2D eigenvalue weighted by molar-refractivity contribution is 0.0166. The molecule has 0 fully saturated rings. The molecule has 0 aliphatic rings. The van der Waals surface area contributed by atoms with E-state index in [0.29, 0.717) is 49.0 Å². The monoisotopic (exact) mass is 512 g/mol. The minimum Gasteiger partial charge on any atom is -0.424 e. The lowest BCUT2D eigenvalue weighted by Gasteiger charge is -2.07. The van der Waals surface area contributed by atoms with Crippen LogP contribution in [0.25, 0.3) is 33.4 Å². The third-order valence-corrected chi connectivity index (χ3v) is 5.80. The zero-order valence-electron chi connectivity index (χ0n) is 21.3. The van der Waals surface area contributed by atoms with Crippen LogP contribution in [-0.2, 0) is 20.8 Å². The van der Waals surface area contributed by atoms with E-state index in [4.69, 9.17) is 35.2 Å². The van der Waals surface area contributed by atoms with Gasteiger partial charge in [0.25, 0.3) is 6.01 Å². The molecule has 0 saturated heterocycles. The maximum Gasteiger partial charge on any atom is 0.292 e. The molecule has 1 aromatic carbocycles. The Hall–Kier alpha value is -3.32. The highest BCUT2D eigenvalue weighted by Crippen LogP contribution is 2.32. The number of anilines is 2. The molecule has 0 atom stereocenters. The van der Waals surface area contributed by atoms with Crippen LogP contribution >= 0.6 is 0 Å². The number of ether oxygens (including phenoxy) is 3. The summed E-state index contributed by atoms with van der Waals surface area (Å²) >= 11 is 0. The van der Waals surface area contributed by atoms with Gasteiger partial charge >= 0.3 is 0 Å². The van der Waals surface area contributed by atoms with E-state index in [1.165, 1.54) is 6.33 Å². The average Bonchev–Trinajstić information content (AvgIpc) is 3.46. The number of hydrogen-bond acceptors (Lipinski definition) is 11. The lowest BCUT2D eigenvalue weighted by Crippen LogP contribution is -2.19. The number of oxazole rings is 1. The maximum atomic E-state index is 6.22. The van der Waals surface area contributed by atoms with Crippen molar-refractivity contribution in [3.8, 4) is 11.3 Å². The Morgan fingerprint density at radius 3 is 2.57 bits per heavy atom. The number of nitrogens with zero attached hydrogens (tertiary/aromatic N) is 5. The van der Waals surface area contributed by atoms with Gasteiger partial charge in [-0.25, -0.2) is 14.6 Å². The first kappa shape index (κ1) is 26.7. The molecule has 0 saturated carbocycles. The van der Waals surface area contributed by atoms with Gasteiger partial charge in [0.2, 0.25) is 0 Å². The summed E-state index contributed by atoms with van der Waals surface area (Å²) in [6, 6.07) is 5.75. The molecule has 4 rings (SSSR count). The zero-order chi connectivity index (χ0) is 25.9. The van der Waals surface area contributed by atoms with E-state index in [9.17, 15) is 0 Å². The van der Waals surface area contributed by atoms with Gasteiger partial charge in [0, 0.05) is 25.3 Å². The predicted octanol–water partition coefficient (Wildman–Crippen LogP) is 2.63. The standard InChI is InChI=1S/C25H36N8O4/c1-2-34-12-13-36-15-14-35-11-5-9-28-8-3-4-10-33-24-21(23(26)29-17-30-24)22(32-33)18-6-7-20-19(16-18)31-25(27)37-20/h6-7,16-17,28H,2-5,8-15H2,1H3,(H2,27,31)(H2,26,29,30). The number of nitrogens with two attached hydrogens (primary N) is 2. The van der Waals surface area contributed by atoms with E-state index in [-0.39, 0.29) is 6.01 Å². The van der Waals surface area contributed by atoms with E-state index in [1.807, 2.05) is 29.8 Å². The quantitative estimate of drug-likeness (QED) is 0.178. The summed E-state index contributed by atoms with van der Waals surface area (Å²) in [5.74, 6) is 0.395. The zero-order valence-corrected chi connectivity index (χ0v) is 21.3. The van der Waals surface area contributed by atoms with Crippen molar-refractivity contribution in [1.82, 2.24) is 30.0 Å². The number of fused-ring (bicyclic) bond motifs is 2. The van der Waals surface area contributed by atoms with Gasteiger partial charge in [0.1, 0.15) is 23.4 Å². The number of aryl methyl sites for hydroxylation is 1. The molecule has 12 heteroatoms. The van der Waals surface area contributed by atoms with Gasteiger partial charge in [0.15, 0.2) is 11.2 Å². The molecule has 3 heterocycles. The number of rotatable bonds is 17. The Morgan fingerprint density at radius 1 is 0.946 bits per heavy atom. The van der Waals surface area contributed by atoms with Crippen molar-refractivity contribution in [3.05, 3.63) is 24.5 Å². The topological polar surface area (TPSA) is 161 Å². The van der Waals surface area contributed by atoms with Crippen LogP contribution in [-0.4, -0.2) is 77.5 Å². The molecule has 0 aliphatic carbocycles. The van der Waals surface area contributed by atoms with Crippen LogP contribution in [0.3, 0.4) is 0 Å². The minimum atomic E-state index is 0.130. The summed E-state index contributed by atoms with van der Waals surface area (Å²) in [6.07, 6.45) is 4.39. The first-order valence-electron chi connectivity index (χ1n) is 12.7. The van der Waals surface area contributed by atoms with Gasteiger partial charge in [-0.1, -0.05) is 0 Å². The second kappa shape index (κ2) is 13.8. The van der Waals surface area contributed by atoms with Crippen molar-refractivity contribution in [3.63, 3.8) is 0 Å². The van der Waals surface area contributed by atoms with Crippen molar-refractivity contribution in [1.29, 1.82) is 0 Å². The highest BCUT2D eigenvalue weighted by Gasteiger charge is 2.18. The molecule has 12 nitrogen and oxygen atoms in total. The highest BCUT2D eigenvalue weighted by atomic mass is 16.5. The first-order chi connectivity index (χ1) is 18.2. The highest BCUT2D eigenvalue weighted by molar-refractivity contribution is 5.99. The Bertz CT molecular complexity index is 1260. The number of hydrogen-bond donors (Lipinski definition) is 3. The van der Waals surface area contributed by atoms with Gasteiger partial charge in [-0.2, -0.15) is 10.1 Å². The molecule has 0 amide bonds. The Kier molecular flexibility index (Phi) is 10.0. The summed E-state index contributed by atoms with van der Waals surface area (Å²) in [5.41, 5.74) is 15.5. The number of nitrogen functional groups attached to an aromatic ring is 2. The van der Waals surface area contributed by atoms with Crippen molar-refractivity contribution in [2.24, 2.45) is 0 Å². The molecule has 0 aliphatic heterocycles. The smallest absolute Gasteiger partial charge is 0.292 e. The molecule has 4 aromatic rings. The second-order valence-electron chi connectivity index (χ2n) is 8.50. The molecule has 0 unspecified atom stereocenters. The first-order valence-corrected chi connectivity index (χ1v) is 12.7. The van der Waals surface area contributed by atoms with Crippen LogP contribution in [0.5, 0.6) is 0 Å². The Labute approximate surface area is 215 Å². The summed E-state index contributed by atoms with van der Waals surface area (Å²) in [7, 11) is 0. The van der Waals surface area contributed by atoms with Gasteiger partial charge in [-0.05, 0) is 57.5 Å². The van der Waals surface area contributed by atoms with Crippen LogP contribution in [0.2, 0.25) is 0 Å². The molecule has 37 heavy (non-hydrogen) atoms. The van der Waals surface area contributed by atoms with E-state index in [0.717, 1.165) is 68.8 Å². The third kappa shape index (κ3) is 7.35. The van der Waals surface area contributed by atoms with Gasteiger partial charge in [-0.3, -0.25) is 0 Å². The average molecular weight is 513 g/mol. The molecule has 200 valence electrons. The van der Waals surface area contributed by atoms with Crippen molar-refractivity contribution in [2.45, 2.75) is 32.7 Å². The Morgan fingerprint density at radius 2 is 1.73 bits per heavy atom. The van der Waals surface area contributed by atoms with E-state index in [1.54, 1.807) is 0 Å². The number of aromatic nitrogens is 5. The molecule has 0 spiro atoms. The van der Waals surface area contributed by atoms with Crippen LogP contribution in [0.1, 0.15) is 26.2 Å². The number of benzene rings is 1. The van der Waals surface area contributed by atoms with Crippen molar-refractivity contribution in [2.75, 3.05) is 64.2 Å². The maximum absolute atomic E-state index is 6.22. The Balaban J connectivity index is 1.20. The van der Waals surface area contributed by atoms with Crippen LogP contribution in [0, 0.1) is 0 Å². The largest absolute Gasteiger partial charge is 0.424 e. The SMILES string of the molecule is CCOCCOCCOCCCNCCCCn1nc(-c2ccc3oc(N)nc3c2)c2c(N)ncnc21. The fourth-order valence-corrected chi connectivity index (χ4v) is 4.00. The van der Waals surface area contributed by atoms with Gasteiger partial charge < -0.3 is 35.4 Å². The molecule has 0 radical (unpaired) electrons. The molecule has 5 N–H and O–H groups in total.